The van der Waals surface area contributed by atoms with Gasteiger partial charge in [0, 0.05) is 32.2 Å². The zero-order valence-corrected chi connectivity index (χ0v) is 17.0. The van der Waals surface area contributed by atoms with Gasteiger partial charge in [-0.05, 0) is 66.3 Å². The summed E-state index contributed by atoms with van der Waals surface area (Å²) in [6.45, 7) is 5.52. The van der Waals surface area contributed by atoms with Crippen LogP contribution < -0.4 is 10.1 Å². The van der Waals surface area contributed by atoms with Crippen molar-refractivity contribution in [3.05, 3.63) is 30.6 Å². The van der Waals surface area contributed by atoms with Crippen molar-refractivity contribution in [1.29, 1.82) is 0 Å². The van der Waals surface area contributed by atoms with Crippen molar-refractivity contribution in [2.45, 2.75) is 31.7 Å². The fourth-order valence-corrected chi connectivity index (χ4v) is 3.91. The topological polar surface area (TPSA) is 68.1 Å². The predicted octanol–water partition coefficient (Wildman–Crippen LogP) is 2.35. The monoisotopic (exact) mass is 414 g/mol. The molecule has 1 aliphatic carbocycles. The van der Waals surface area contributed by atoms with Crippen LogP contribution in [0.4, 0.5) is 0 Å². The zero-order valence-electron chi connectivity index (χ0n) is 15.4. The Morgan fingerprint density at radius 1 is 1.00 bits per heavy atom. The molecule has 1 saturated heterocycles. The summed E-state index contributed by atoms with van der Waals surface area (Å²) in [6, 6.07) is 8.72. The van der Waals surface area contributed by atoms with Crippen LogP contribution in [-0.2, 0) is 0 Å². The van der Waals surface area contributed by atoms with Gasteiger partial charge in [-0.2, -0.15) is 0 Å². The van der Waals surface area contributed by atoms with E-state index in [1.165, 1.54) is 38.8 Å². The van der Waals surface area contributed by atoms with E-state index in [2.05, 4.69) is 25.7 Å². The Hall–Kier alpha value is -1.41. The first-order valence-electron chi connectivity index (χ1n) is 9.29. The third-order valence-corrected chi connectivity index (χ3v) is 5.42. The summed E-state index contributed by atoms with van der Waals surface area (Å²) in [7, 11) is 0. The van der Waals surface area contributed by atoms with E-state index in [0.29, 0.717) is 5.92 Å². The Morgan fingerprint density at radius 2 is 1.70 bits per heavy atom. The second-order valence-corrected chi connectivity index (χ2v) is 7.02. The summed E-state index contributed by atoms with van der Waals surface area (Å²) in [5.74, 6) is 1.60. The number of nitrogens with zero attached hydrogens (tertiary/aromatic N) is 5. The number of tetrazole rings is 1. The molecule has 1 N–H and O–H groups in total. The van der Waals surface area contributed by atoms with Gasteiger partial charge >= 0.3 is 0 Å². The lowest BCUT2D eigenvalue weighted by atomic mass is 9.85. The normalized spacial score (nSPS) is 23.1. The number of rotatable bonds is 5. The molecule has 2 aliphatic rings. The summed E-state index contributed by atoms with van der Waals surface area (Å²) in [5.41, 5.74) is 0.939. The van der Waals surface area contributed by atoms with Gasteiger partial charge in [0.2, 0.25) is 0 Å². The van der Waals surface area contributed by atoms with Gasteiger partial charge in [0.05, 0.1) is 12.3 Å². The molecule has 27 heavy (non-hydrogen) atoms. The molecule has 1 aliphatic heterocycles. The number of ether oxygens (including phenoxy) is 1. The summed E-state index contributed by atoms with van der Waals surface area (Å²) in [4.78, 5) is 2.67. The molecule has 150 valence electrons. The quantitative estimate of drug-likeness (QED) is 0.809. The number of benzene rings is 1. The highest BCUT2D eigenvalue weighted by atomic mass is 35.5. The second kappa shape index (κ2) is 10.8. The highest BCUT2D eigenvalue weighted by Gasteiger charge is 2.26. The van der Waals surface area contributed by atoms with E-state index in [1.807, 2.05) is 24.3 Å². The Labute approximate surface area is 172 Å². The summed E-state index contributed by atoms with van der Waals surface area (Å²) in [6.07, 6.45) is 6.76. The highest BCUT2D eigenvalue weighted by Crippen LogP contribution is 2.28. The average molecular weight is 415 g/mol. The van der Waals surface area contributed by atoms with Gasteiger partial charge in [0.15, 0.2) is 0 Å². The maximum absolute atomic E-state index is 6.01. The molecule has 4 rings (SSSR count). The number of halogens is 2. The number of hydrogen-bond acceptors (Lipinski definition) is 6. The van der Waals surface area contributed by atoms with Crippen molar-refractivity contribution in [2.24, 2.45) is 5.92 Å². The van der Waals surface area contributed by atoms with E-state index in [0.717, 1.165) is 37.2 Å². The van der Waals surface area contributed by atoms with E-state index in [4.69, 9.17) is 4.74 Å². The fraction of sp³-hybridized carbons (Fsp3) is 0.611. The molecule has 0 spiro atoms. The van der Waals surface area contributed by atoms with Crippen LogP contribution in [0.15, 0.2) is 30.6 Å². The van der Waals surface area contributed by atoms with Crippen LogP contribution >= 0.6 is 24.8 Å². The molecular formula is C18H28Cl2N6O. The molecule has 2 heterocycles. The first-order valence-corrected chi connectivity index (χ1v) is 9.29. The van der Waals surface area contributed by atoms with Crippen LogP contribution in [0.3, 0.4) is 0 Å². The van der Waals surface area contributed by atoms with Crippen LogP contribution in [0.2, 0.25) is 0 Å². The molecular weight excluding hydrogens is 387 g/mol. The van der Waals surface area contributed by atoms with E-state index in [1.54, 1.807) is 11.0 Å². The Kier molecular flexibility index (Phi) is 8.76. The van der Waals surface area contributed by atoms with Gasteiger partial charge in [0.25, 0.3) is 0 Å². The third-order valence-electron chi connectivity index (χ3n) is 5.42. The lowest BCUT2D eigenvalue weighted by Crippen LogP contribution is -2.49. The van der Waals surface area contributed by atoms with Crippen molar-refractivity contribution in [1.82, 2.24) is 30.4 Å². The molecule has 0 radical (unpaired) electrons. The van der Waals surface area contributed by atoms with Crippen molar-refractivity contribution >= 4 is 24.8 Å². The molecule has 0 bridgehead atoms. The van der Waals surface area contributed by atoms with Gasteiger partial charge in [-0.25, -0.2) is 4.68 Å². The summed E-state index contributed by atoms with van der Waals surface area (Å²) >= 11 is 0. The third kappa shape index (κ3) is 5.78. The lowest BCUT2D eigenvalue weighted by Gasteiger charge is -2.39. The maximum atomic E-state index is 6.01. The van der Waals surface area contributed by atoms with Crippen LogP contribution in [0.1, 0.15) is 25.7 Å². The lowest BCUT2D eigenvalue weighted by molar-refractivity contribution is 0.106. The largest absolute Gasteiger partial charge is 0.493 e. The summed E-state index contributed by atoms with van der Waals surface area (Å²) < 4.78 is 7.65. The van der Waals surface area contributed by atoms with Crippen LogP contribution in [0, 0.1) is 5.92 Å². The van der Waals surface area contributed by atoms with Gasteiger partial charge < -0.3 is 10.1 Å². The van der Waals surface area contributed by atoms with Crippen LogP contribution in [0.25, 0.3) is 5.69 Å². The predicted molar refractivity (Wildman–Crippen MR) is 109 cm³/mol. The Bertz CT molecular complexity index is 640. The standard InChI is InChI=1S/C18H26N6O.2ClH/c1-3-16(23-11-9-19-10-12-23)4-2-15(1)13-25-18-7-5-17(6-8-18)24-14-20-21-22-24;;/h5-8,14-16,19H,1-4,9-13H2;2*1H. The molecule has 1 aromatic carbocycles. The molecule has 9 heteroatoms. The molecule has 2 aromatic rings. The number of piperazine rings is 1. The smallest absolute Gasteiger partial charge is 0.143 e. The number of hydrogen-bond donors (Lipinski definition) is 1. The van der Waals surface area contributed by atoms with Crippen LogP contribution in [-0.4, -0.2) is 63.9 Å². The first-order chi connectivity index (χ1) is 12.4. The van der Waals surface area contributed by atoms with Gasteiger partial charge in [-0.15, -0.1) is 29.9 Å². The minimum absolute atomic E-state index is 0. The van der Waals surface area contributed by atoms with Gasteiger partial charge in [-0.1, -0.05) is 0 Å². The molecule has 2 fully saturated rings. The van der Waals surface area contributed by atoms with E-state index >= 15 is 0 Å². The van der Waals surface area contributed by atoms with Crippen molar-refractivity contribution in [3.63, 3.8) is 0 Å². The van der Waals surface area contributed by atoms with Gasteiger partial charge in [-0.3, -0.25) is 4.90 Å². The average Bonchev–Trinajstić information content (AvgIpc) is 3.23. The Balaban J connectivity index is 0.00000131. The van der Waals surface area contributed by atoms with Gasteiger partial charge in [0.1, 0.15) is 12.1 Å². The molecule has 0 unspecified atom stereocenters. The summed E-state index contributed by atoms with van der Waals surface area (Å²) in [5, 5.41) is 14.6. The van der Waals surface area contributed by atoms with Crippen molar-refractivity contribution in [2.75, 3.05) is 32.8 Å². The molecule has 0 atom stereocenters. The van der Waals surface area contributed by atoms with E-state index in [-0.39, 0.29) is 24.8 Å². The van der Waals surface area contributed by atoms with Crippen LogP contribution in [0.5, 0.6) is 5.75 Å². The minimum atomic E-state index is 0. The molecule has 1 saturated carbocycles. The molecule has 1 aromatic heterocycles. The minimum Gasteiger partial charge on any atom is -0.493 e. The highest BCUT2D eigenvalue weighted by molar-refractivity contribution is 5.85. The van der Waals surface area contributed by atoms with E-state index in [9.17, 15) is 0 Å². The SMILES string of the molecule is Cl.Cl.c1cc(-n2cnnn2)ccc1OCC1CCC(N2CCNCC2)CC1. The first kappa shape index (κ1) is 21.9. The maximum Gasteiger partial charge on any atom is 0.143 e. The fourth-order valence-electron chi connectivity index (χ4n) is 3.91. The molecule has 7 nitrogen and oxygen atoms in total. The number of aromatic nitrogens is 4. The zero-order chi connectivity index (χ0) is 16.9. The van der Waals surface area contributed by atoms with Crippen molar-refractivity contribution in [3.8, 4) is 11.4 Å². The second-order valence-electron chi connectivity index (χ2n) is 7.02. The van der Waals surface area contributed by atoms with Crippen molar-refractivity contribution < 1.29 is 4.74 Å². The number of nitrogens with one attached hydrogen (secondary N) is 1. The molecule has 0 amide bonds. The Morgan fingerprint density at radius 3 is 2.33 bits per heavy atom. The van der Waals surface area contributed by atoms with E-state index < -0.39 is 0 Å².